The van der Waals surface area contributed by atoms with Gasteiger partial charge < -0.3 is 15.8 Å². The molecule has 0 atom stereocenters. The molecule has 110 valence electrons. The van der Waals surface area contributed by atoms with E-state index in [1.165, 1.54) is 13.2 Å². The van der Waals surface area contributed by atoms with E-state index in [4.69, 9.17) is 5.73 Å². The first kappa shape index (κ1) is 14.8. The molecule has 0 saturated heterocycles. The van der Waals surface area contributed by atoms with Gasteiger partial charge >= 0.3 is 5.97 Å². The number of anilines is 2. The summed E-state index contributed by atoms with van der Waals surface area (Å²) in [7, 11) is 1.25. The quantitative estimate of drug-likeness (QED) is 0.668. The molecule has 0 spiro atoms. The van der Waals surface area contributed by atoms with Crippen molar-refractivity contribution in [2.45, 2.75) is 13.5 Å². The van der Waals surface area contributed by atoms with Gasteiger partial charge in [0, 0.05) is 24.1 Å². The summed E-state index contributed by atoms with van der Waals surface area (Å²) in [6, 6.07) is 6.21. The fourth-order valence-corrected chi connectivity index (χ4v) is 1.81. The maximum atomic E-state index is 13.9. The number of hydrogen-bond donors (Lipinski definition) is 2. The zero-order chi connectivity index (χ0) is 15.4. The van der Waals surface area contributed by atoms with Crippen LogP contribution in [0.2, 0.25) is 0 Å². The number of aryl methyl sites for hydroxylation is 1. The lowest BCUT2D eigenvalue weighted by Gasteiger charge is -2.11. The molecule has 0 fully saturated rings. The molecule has 1 aromatic heterocycles. The molecule has 0 bridgehead atoms. The summed E-state index contributed by atoms with van der Waals surface area (Å²) < 4.78 is 18.5. The topological polar surface area (TPSA) is 77.2 Å². The number of hydrogen-bond acceptors (Lipinski definition) is 5. The third-order valence-corrected chi connectivity index (χ3v) is 3.00. The Labute approximate surface area is 121 Å². The SMILES string of the molecule is COC(=O)c1cc(NCc2ccc(C)nc2)c(F)cc1N. The van der Waals surface area contributed by atoms with Crippen LogP contribution in [0, 0.1) is 12.7 Å². The van der Waals surface area contributed by atoms with E-state index in [2.05, 4.69) is 15.0 Å². The highest BCUT2D eigenvalue weighted by Crippen LogP contribution is 2.23. The predicted octanol–water partition coefficient (Wildman–Crippen LogP) is 2.51. The molecule has 0 saturated carbocycles. The fourth-order valence-electron chi connectivity index (χ4n) is 1.81. The number of halogens is 1. The van der Waals surface area contributed by atoms with Crippen LogP contribution in [0.5, 0.6) is 0 Å². The zero-order valence-electron chi connectivity index (χ0n) is 11.8. The van der Waals surface area contributed by atoms with Gasteiger partial charge in [0.1, 0.15) is 5.82 Å². The average Bonchev–Trinajstić information content (AvgIpc) is 2.47. The third-order valence-electron chi connectivity index (χ3n) is 3.00. The molecule has 0 aliphatic rings. The largest absolute Gasteiger partial charge is 0.465 e. The standard InChI is InChI=1S/C15H16FN3O2/c1-9-3-4-10(7-18-9)8-19-14-5-11(15(20)21-2)13(17)6-12(14)16/h3-7,19H,8,17H2,1-2H3. The van der Waals surface area contributed by atoms with Crippen molar-refractivity contribution in [2.24, 2.45) is 0 Å². The van der Waals surface area contributed by atoms with Gasteiger partial charge in [-0.05, 0) is 30.7 Å². The maximum Gasteiger partial charge on any atom is 0.340 e. The molecular weight excluding hydrogens is 273 g/mol. The molecule has 3 N–H and O–H groups in total. The number of esters is 1. The van der Waals surface area contributed by atoms with Crippen LogP contribution in [0.1, 0.15) is 21.6 Å². The van der Waals surface area contributed by atoms with Crippen LogP contribution in [-0.2, 0) is 11.3 Å². The van der Waals surface area contributed by atoms with Crippen LogP contribution in [0.4, 0.5) is 15.8 Å². The highest BCUT2D eigenvalue weighted by atomic mass is 19.1. The Morgan fingerprint density at radius 2 is 2.19 bits per heavy atom. The Hall–Kier alpha value is -2.63. The Bertz CT molecular complexity index is 657. The Morgan fingerprint density at radius 3 is 2.81 bits per heavy atom. The summed E-state index contributed by atoms with van der Waals surface area (Å²) in [4.78, 5) is 15.7. The van der Waals surface area contributed by atoms with E-state index in [-0.39, 0.29) is 16.9 Å². The normalized spacial score (nSPS) is 10.2. The smallest absolute Gasteiger partial charge is 0.340 e. The van der Waals surface area contributed by atoms with Crippen LogP contribution in [0.3, 0.4) is 0 Å². The minimum atomic E-state index is -0.604. The van der Waals surface area contributed by atoms with E-state index >= 15 is 0 Å². The molecule has 0 unspecified atom stereocenters. The van der Waals surface area contributed by atoms with Gasteiger partial charge in [-0.25, -0.2) is 9.18 Å². The average molecular weight is 289 g/mol. The van der Waals surface area contributed by atoms with Crippen molar-refractivity contribution in [3.8, 4) is 0 Å². The van der Waals surface area contributed by atoms with Crippen molar-refractivity contribution >= 4 is 17.3 Å². The van der Waals surface area contributed by atoms with E-state index < -0.39 is 11.8 Å². The second-order valence-electron chi connectivity index (χ2n) is 4.57. The van der Waals surface area contributed by atoms with E-state index in [1.807, 2.05) is 19.1 Å². The molecular formula is C15H16FN3O2. The minimum Gasteiger partial charge on any atom is -0.465 e. The van der Waals surface area contributed by atoms with Gasteiger partial charge in [0.25, 0.3) is 0 Å². The second-order valence-corrected chi connectivity index (χ2v) is 4.57. The second kappa shape index (κ2) is 6.21. The van der Waals surface area contributed by atoms with Gasteiger partial charge in [-0.2, -0.15) is 0 Å². The highest BCUT2D eigenvalue weighted by molar-refractivity contribution is 5.96. The zero-order valence-corrected chi connectivity index (χ0v) is 11.8. The highest BCUT2D eigenvalue weighted by Gasteiger charge is 2.14. The van der Waals surface area contributed by atoms with Crippen LogP contribution < -0.4 is 11.1 Å². The molecule has 2 aromatic rings. The first-order valence-corrected chi connectivity index (χ1v) is 6.34. The minimum absolute atomic E-state index is 0.0434. The molecule has 21 heavy (non-hydrogen) atoms. The Morgan fingerprint density at radius 1 is 1.43 bits per heavy atom. The van der Waals surface area contributed by atoms with E-state index in [1.54, 1.807) is 6.20 Å². The molecule has 1 aromatic carbocycles. The Balaban J connectivity index is 2.19. The van der Waals surface area contributed by atoms with Crippen LogP contribution >= 0.6 is 0 Å². The number of rotatable bonds is 4. The molecule has 6 heteroatoms. The van der Waals surface area contributed by atoms with Gasteiger partial charge in [-0.3, -0.25) is 4.98 Å². The lowest BCUT2D eigenvalue weighted by molar-refractivity contribution is 0.0602. The summed E-state index contributed by atoms with van der Waals surface area (Å²) in [6.07, 6.45) is 1.71. The number of aromatic nitrogens is 1. The summed E-state index contributed by atoms with van der Waals surface area (Å²) in [5.74, 6) is -1.13. The van der Waals surface area contributed by atoms with Gasteiger partial charge in [-0.15, -0.1) is 0 Å². The summed E-state index contributed by atoms with van der Waals surface area (Å²) in [5.41, 5.74) is 7.78. The van der Waals surface area contributed by atoms with Gasteiger partial charge in [0.15, 0.2) is 0 Å². The van der Waals surface area contributed by atoms with Crippen molar-refractivity contribution < 1.29 is 13.9 Å². The monoisotopic (exact) mass is 289 g/mol. The summed E-state index contributed by atoms with van der Waals surface area (Å²) in [5, 5.41) is 2.92. The molecule has 5 nitrogen and oxygen atoms in total. The van der Waals surface area contributed by atoms with Crippen molar-refractivity contribution in [1.29, 1.82) is 0 Å². The lowest BCUT2D eigenvalue weighted by atomic mass is 10.1. The van der Waals surface area contributed by atoms with Crippen molar-refractivity contribution in [1.82, 2.24) is 4.98 Å². The number of benzene rings is 1. The molecule has 0 radical (unpaired) electrons. The number of carbonyl (C=O) groups is 1. The number of ether oxygens (including phenoxy) is 1. The lowest BCUT2D eigenvalue weighted by Crippen LogP contribution is -2.09. The molecule has 0 amide bonds. The van der Waals surface area contributed by atoms with Gasteiger partial charge in [0.05, 0.1) is 18.4 Å². The summed E-state index contributed by atoms with van der Waals surface area (Å²) in [6.45, 7) is 2.27. The molecule has 1 heterocycles. The number of carbonyl (C=O) groups excluding carboxylic acids is 1. The Kier molecular flexibility index (Phi) is 4.37. The number of nitrogen functional groups attached to an aromatic ring is 1. The first-order valence-electron chi connectivity index (χ1n) is 6.34. The molecule has 0 aliphatic carbocycles. The number of nitrogens with one attached hydrogen (secondary N) is 1. The van der Waals surface area contributed by atoms with Crippen LogP contribution in [0.25, 0.3) is 0 Å². The van der Waals surface area contributed by atoms with Crippen molar-refractivity contribution in [3.63, 3.8) is 0 Å². The summed E-state index contributed by atoms with van der Waals surface area (Å²) >= 11 is 0. The van der Waals surface area contributed by atoms with Gasteiger partial charge in [0.2, 0.25) is 0 Å². The first-order chi connectivity index (χ1) is 10.0. The third kappa shape index (κ3) is 3.47. The van der Waals surface area contributed by atoms with E-state index in [0.717, 1.165) is 17.3 Å². The van der Waals surface area contributed by atoms with Crippen LogP contribution in [0.15, 0.2) is 30.5 Å². The van der Waals surface area contributed by atoms with Gasteiger partial charge in [-0.1, -0.05) is 6.07 Å². The number of pyridine rings is 1. The van der Waals surface area contributed by atoms with Crippen LogP contribution in [-0.4, -0.2) is 18.1 Å². The van der Waals surface area contributed by atoms with E-state index in [9.17, 15) is 9.18 Å². The van der Waals surface area contributed by atoms with E-state index in [0.29, 0.717) is 6.54 Å². The fraction of sp³-hybridized carbons (Fsp3) is 0.200. The predicted molar refractivity (Wildman–Crippen MR) is 78.5 cm³/mol. The van der Waals surface area contributed by atoms with Crippen molar-refractivity contribution in [2.75, 3.05) is 18.2 Å². The molecule has 0 aliphatic heterocycles. The molecule has 2 rings (SSSR count). The number of methoxy groups -OCH3 is 1. The number of nitrogens with zero attached hydrogens (tertiary/aromatic N) is 1. The number of nitrogens with two attached hydrogens (primary N) is 1. The maximum absolute atomic E-state index is 13.9. The van der Waals surface area contributed by atoms with Crippen molar-refractivity contribution in [3.05, 3.63) is 53.1 Å².